The Morgan fingerprint density at radius 1 is 1.21 bits per heavy atom. The van der Waals surface area contributed by atoms with Crippen LogP contribution >= 0.6 is 0 Å². The zero-order chi connectivity index (χ0) is 26.6. The molecule has 1 atom stereocenters. The van der Waals surface area contributed by atoms with Gasteiger partial charge in [-0.2, -0.15) is 4.98 Å². The maximum absolute atomic E-state index is 14.7. The van der Waals surface area contributed by atoms with Crippen LogP contribution in [-0.2, 0) is 16.0 Å². The van der Waals surface area contributed by atoms with Crippen LogP contribution in [0.3, 0.4) is 0 Å². The average molecular weight is 527 g/mol. The number of hydrogen-bond donors (Lipinski definition) is 0. The van der Waals surface area contributed by atoms with Crippen molar-refractivity contribution in [1.82, 2.24) is 15.0 Å². The third-order valence-electron chi connectivity index (χ3n) is 8.14. The fourth-order valence-corrected chi connectivity index (χ4v) is 5.52. The fraction of sp³-hybridized carbons (Fsp3) is 0.621. The maximum Gasteiger partial charge on any atom is 0.324 e. The predicted molar refractivity (Wildman–Crippen MR) is 142 cm³/mol. The number of anilines is 1. The molecule has 0 bridgehead atoms. The van der Waals surface area contributed by atoms with Gasteiger partial charge in [-0.15, -0.1) is 0 Å². The fourth-order valence-electron chi connectivity index (χ4n) is 5.52. The van der Waals surface area contributed by atoms with Gasteiger partial charge in [-0.3, -0.25) is 4.79 Å². The van der Waals surface area contributed by atoms with Crippen LogP contribution in [0, 0.1) is 17.7 Å². The highest BCUT2D eigenvalue weighted by Gasteiger charge is 2.35. The molecule has 1 amide bonds. The minimum atomic E-state index is -0.395. The smallest absolute Gasteiger partial charge is 0.324 e. The number of aromatic nitrogens is 2. The van der Waals surface area contributed by atoms with E-state index in [-0.39, 0.29) is 24.3 Å². The van der Waals surface area contributed by atoms with Crippen molar-refractivity contribution in [2.24, 2.45) is 11.8 Å². The molecule has 1 aromatic heterocycles. The number of rotatable bonds is 10. The molecule has 2 fully saturated rings. The van der Waals surface area contributed by atoms with Crippen LogP contribution in [0.15, 0.2) is 34.4 Å². The van der Waals surface area contributed by atoms with Crippen molar-refractivity contribution >= 4 is 11.9 Å². The highest BCUT2D eigenvalue weighted by atomic mass is 19.1. The first-order valence-electron chi connectivity index (χ1n) is 13.9. The number of amides is 1. The van der Waals surface area contributed by atoms with Crippen molar-refractivity contribution in [3.05, 3.63) is 47.1 Å². The Kier molecular flexibility index (Phi) is 8.31. The molecule has 206 valence electrons. The Hall–Kier alpha value is -2.94. The molecule has 1 aliphatic carbocycles. The van der Waals surface area contributed by atoms with Crippen molar-refractivity contribution in [1.29, 1.82) is 0 Å². The van der Waals surface area contributed by atoms with Crippen LogP contribution in [0.2, 0.25) is 0 Å². The molecule has 0 N–H and O–H groups in total. The maximum atomic E-state index is 14.7. The number of carbonyl (C=O) groups excluding carboxylic acids is 1. The van der Waals surface area contributed by atoms with Crippen molar-refractivity contribution < 1.29 is 23.2 Å². The summed E-state index contributed by atoms with van der Waals surface area (Å²) in [6, 6.07) is 5.63. The van der Waals surface area contributed by atoms with E-state index < -0.39 is 5.82 Å². The molecule has 2 saturated heterocycles. The van der Waals surface area contributed by atoms with Gasteiger partial charge in [0.2, 0.25) is 5.91 Å². The summed E-state index contributed by atoms with van der Waals surface area (Å²) >= 11 is 0. The molecule has 3 heterocycles. The lowest BCUT2D eigenvalue weighted by molar-refractivity contribution is -0.132. The third-order valence-corrected chi connectivity index (χ3v) is 8.14. The normalized spacial score (nSPS) is 20.5. The van der Waals surface area contributed by atoms with Crippen LogP contribution in [0.5, 0.6) is 5.75 Å². The van der Waals surface area contributed by atoms with Crippen molar-refractivity contribution in [3.63, 3.8) is 0 Å². The lowest BCUT2D eigenvalue weighted by atomic mass is 9.89. The quantitative estimate of drug-likeness (QED) is 0.413. The molecule has 9 heteroatoms. The zero-order valence-corrected chi connectivity index (χ0v) is 22.7. The molecule has 38 heavy (non-hydrogen) atoms. The van der Waals surface area contributed by atoms with Crippen molar-refractivity contribution in [2.75, 3.05) is 44.9 Å². The first kappa shape index (κ1) is 26.7. The predicted octanol–water partition coefficient (Wildman–Crippen LogP) is 4.75. The zero-order valence-electron chi connectivity index (χ0n) is 22.7. The Morgan fingerprint density at radius 2 is 1.97 bits per heavy atom. The highest BCUT2D eigenvalue weighted by Crippen LogP contribution is 2.43. The number of allylic oxidation sites excluding steroid dienone is 1. The number of hydrogen-bond acceptors (Lipinski definition) is 7. The molecule has 2 aromatic rings. The molecule has 1 unspecified atom stereocenters. The second-order valence-corrected chi connectivity index (χ2v) is 11.1. The number of carbonyl (C=O) groups is 1. The number of nitrogens with zero attached hydrogens (tertiary/aromatic N) is 4. The minimum Gasteiger partial charge on any atom is -0.493 e. The molecule has 2 aliphatic heterocycles. The molecule has 0 spiro atoms. The van der Waals surface area contributed by atoms with Crippen molar-refractivity contribution in [3.8, 4) is 5.75 Å². The van der Waals surface area contributed by atoms with Gasteiger partial charge in [0.15, 0.2) is 5.82 Å². The van der Waals surface area contributed by atoms with Crippen molar-refractivity contribution in [2.45, 2.75) is 64.3 Å². The van der Waals surface area contributed by atoms with Gasteiger partial charge in [-0.25, -0.2) is 4.39 Å². The Labute approximate surface area is 224 Å². The summed E-state index contributed by atoms with van der Waals surface area (Å²) in [4.78, 5) is 21.1. The molecule has 8 nitrogen and oxygen atoms in total. The van der Waals surface area contributed by atoms with E-state index in [0.717, 1.165) is 51.0 Å². The number of ether oxygens (including phenoxy) is 2. The Morgan fingerprint density at radius 3 is 2.66 bits per heavy atom. The van der Waals surface area contributed by atoms with Crippen LogP contribution in [0.4, 0.5) is 10.4 Å². The van der Waals surface area contributed by atoms with E-state index in [1.165, 1.54) is 11.6 Å². The molecular formula is C29H39FN4O4. The topological polar surface area (TPSA) is 80.9 Å². The lowest BCUT2D eigenvalue weighted by Gasteiger charge is -2.31. The number of halogens is 1. The Balaban J connectivity index is 1.02. The molecule has 0 radical (unpaired) electrons. The second kappa shape index (κ2) is 11.8. The van der Waals surface area contributed by atoms with E-state index in [4.69, 9.17) is 14.0 Å². The van der Waals surface area contributed by atoms with Gasteiger partial charge in [0.25, 0.3) is 0 Å². The molecular weight excluding hydrogens is 487 g/mol. The van der Waals surface area contributed by atoms with E-state index in [1.54, 1.807) is 24.1 Å². The summed E-state index contributed by atoms with van der Waals surface area (Å²) in [6.45, 7) is 7.84. The van der Waals surface area contributed by atoms with Crippen LogP contribution in [0.1, 0.15) is 63.3 Å². The molecule has 5 rings (SSSR count). The number of likely N-dealkylation sites (N-methyl/N-ethyl adjacent to an activating group) is 1. The van der Waals surface area contributed by atoms with Gasteiger partial charge in [0.1, 0.15) is 11.6 Å². The first-order chi connectivity index (χ1) is 18.4. The largest absolute Gasteiger partial charge is 0.493 e. The highest BCUT2D eigenvalue weighted by molar-refractivity contribution is 5.79. The van der Waals surface area contributed by atoms with Gasteiger partial charge in [0, 0.05) is 63.7 Å². The monoisotopic (exact) mass is 526 g/mol. The van der Waals surface area contributed by atoms with E-state index in [2.05, 4.69) is 35.0 Å². The summed E-state index contributed by atoms with van der Waals surface area (Å²) in [5, 5.41) is 4.08. The third kappa shape index (κ3) is 6.37. The van der Waals surface area contributed by atoms with Gasteiger partial charge in [0.05, 0.1) is 13.0 Å². The van der Waals surface area contributed by atoms with Gasteiger partial charge < -0.3 is 23.8 Å². The number of benzene rings is 1. The van der Waals surface area contributed by atoms with E-state index >= 15 is 0 Å². The number of piperidine rings is 1. The standard InChI is InChI=1S/C29H39FN4O4/c1-19(2)28-31-29(38-32-28)34-11-6-20(7-12-34)25-16-21(25)8-15-37-24-5-4-22(26(30)18-24)17-27(35)33(3)23-9-13-36-14-10-23/h4-5,16,18-20,23,25H,6-15,17H2,1-3H3. The van der Waals surface area contributed by atoms with E-state index in [0.29, 0.717) is 49.0 Å². The lowest BCUT2D eigenvalue weighted by Crippen LogP contribution is -2.41. The summed E-state index contributed by atoms with van der Waals surface area (Å²) in [6.07, 6.45) is 7.10. The van der Waals surface area contributed by atoms with Gasteiger partial charge in [-0.1, -0.05) is 36.7 Å². The van der Waals surface area contributed by atoms with Crippen LogP contribution in [0.25, 0.3) is 0 Å². The summed E-state index contributed by atoms with van der Waals surface area (Å²) < 4.78 is 31.4. The van der Waals surface area contributed by atoms with E-state index in [1.807, 2.05) is 0 Å². The minimum absolute atomic E-state index is 0.0543. The second-order valence-electron chi connectivity index (χ2n) is 11.1. The average Bonchev–Trinajstić information content (AvgIpc) is 3.52. The molecule has 1 aromatic carbocycles. The Bertz CT molecular complexity index is 1140. The first-order valence-corrected chi connectivity index (χ1v) is 13.9. The van der Waals surface area contributed by atoms with Crippen LogP contribution < -0.4 is 9.64 Å². The van der Waals surface area contributed by atoms with E-state index in [9.17, 15) is 9.18 Å². The van der Waals surface area contributed by atoms with Gasteiger partial charge in [-0.05, 0) is 43.2 Å². The molecule has 3 aliphatic rings. The summed E-state index contributed by atoms with van der Waals surface area (Å²) in [5.41, 5.74) is 1.83. The summed E-state index contributed by atoms with van der Waals surface area (Å²) in [5.74, 6) is 2.25. The molecule has 0 saturated carbocycles. The summed E-state index contributed by atoms with van der Waals surface area (Å²) in [7, 11) is 1.80. The SMILES string of the molecule is CC(C)c1noc(N2CCC(C3C=C3CCOc3ccc(CC(=O)N(C)C4CCOCC4)c(F)c3)CC2)n1. The van der Waals surface area contributed by atoms with Gasteiger partial charge >= 0.3 is 6.01 Å². The van der Waals surface area contributed by atoms with Crippen LogP contribution in [-0.4, -0.2) is 66.9 Å².